The number of nitrogens with zero attached hydrogens (tertiary/aromatic N) is 3. The topological polar surface area (TPSA) is 90.6 Å². The zero-order chi connectivity index (χ0) is 17.9. The molecule has 3 aliphatic rings. The van der Waals surface area contributed by atoms with Gasteiger partial charge in [-0.25, -0.2) is 4.79 Å². The van der Waals surface area contributed by atoms with Crippen LogP contribution in [0, 0.1) is 0 Å². The van der Waals surface area contributed by atoms with Gasteiger partial charge in [-0.2, -0.15) is 5.10 Å². The number of aromatic amines is 1. The Labute approximate surface area is 153 Å². The van der Waals surface area contributed by atoms with Crippen LogP contribution in [0.25, 0.3) is 0 Å². The van der Waals surface area contributed by atoms with Crippen molar-refractivity contribution < 1.29 is 14.3 Å². The van der Waals surface area contributed by atoms with E-state index in [0.717, 1.165) is 30.7 Å². The standard InChI is InChI=1S/C18H27N5O3/c24-17(16-3-1-10-26-16)22-6-2-7-23(9-8-22)18(25)19-12-14-11-15(21-20-14)13-4-5-13/h11,13,16H,1-10,12H2,(H,19,25)(H,20,21). The molecule has 8 heteroatoms. The van der Waals surface area contributed by atoms with Crippen molar-refractivity contribution in [1.29, 1.82) is 0 Å². The van der Waals surface area contributed by atoms with Crippen molar-refractivity contribution >= 4 is 11.9 Å². The van der Waals surface area contributed by atoms with Crippen LogP contribution in [0.1, 0.15) is 49.4 Å². The van der Waals surface area contributed by atoms with E-state index < -0.39 is 0 Å². The summed E-state index contributed by atoms with van der Waals surface area (Å²) >= 11 is 0. The van der Waals surface area contributed by atoms with Gasteiger partial charge in [-0.1, -0.05) is 0 Å². The van der Waals surface area contributed by atoms with Gasteiger partial charge in [0.15, 0.2) is 0 Å². The summed E-state index contributed by atoms with van der Waals surface area (Å²) in [5.74, 6) is 0.684. The third-order valence-electron chi connectivity index (χ3n) is 5.38. The Balaban J connectivity index is 1.24. The van der Waals surface area contributed by atoms with Gasteiger partial charge in [0.25, 0.3) is 5.91 Å². The average Bonchev–Trinajstić information content (AvgIpc) is 3.24. The minimum atomic E-state index is -0.281. The van der Waals surface area contributed by atoms with Crippen LogP contribution in [0.15, 0.2) is 6.07 Å². The fourth-order valence-electron chi connectivity index (χ4n) is 3.66. The molecule has 0 aromatic carbocycles. The van der Waals surface area contributed by atoms with E-state index in [1.54, 1.807) is 4.90 Å². The molecule has 1 unspecified atom stereocenters. The lowest BCUT2D eigenvalue weighted by molar-refractivity contribution is -0.140. The molecular weight excluding hydrogens is 334 g/mol. The summed E-state index contributed by atoms with van der Waals surface area (Å²) in [7, 11) is 0. The van der Waals surface area contributed by atoms with E-state index in [9.17, 15) is 9.59 Å². The van der Waals surface area contributed by atoms with Crippen molar-refractivity contribution in [2.75, 3.05) is 32.8 Å². The molecule has 1 aromatic rings. The lowest BCUT2D eigenvalue weighted by Gasteiger charge is -2.24. The first kappa shape index (κ1) is 17.3. The Bertz CT molecular complexity index is 651. The number of aromatic nitrogens is 2. The predicted octanol–water partition coefficient (Wildman–Crippen LogP) is 1.21. The van der Waals surface area contributed by atoms with Gasteiger partial charge in [0.1, 0.15) is 6.10 Å². The quantitative estimate of drug-likeness (QED) is 0.843. The Kier molecular flexibility index (Phi) is 5.10. The van der Waals surface area contributed by atoms with Crippen molar-refractivity contribution in [1.82, 2.24) is 25.3 Å². The molecule has 142 valence electrons. The maximum absolute atomic E-state index is 12.5. The van der Waals surface area contributed by atoms with Gasteiger partial charge in [0.2, 0.25) is 0 Å². The van der Waals surface area contributed by atoms with Crippen LogP contribution in [-0.4, -0.2) is 70.8 Å². The molecule has 0 radical (unpaired) electrons. The molecule has 26 heavy (non-hydrogen) atoms. The molecule has 3 heterocycles. The number of carbonyl (C=O) groups is 2. The molecular formula is C18H27N5O3. The van der Waals surface area contributed by atoms with Gasteiger partial charge in [-0.05, 0) is 38.2 Å². The Morgan fingerprint density at radius 2 is 1.96 bits per heavy atom. The van der Waals surface area contributed by atoms with Crippen LogP contribution in [-0.2, 0) is 16.1 Å². The number of H-pyrrole nitrogens is 1. The van der Waals surface area contributed by atoms with E-state index in [2.05, 4.69) is 15.5 Å². The van der Waals surface area contributed by atoms with E-state index in [0.29, 0.717) is 45.2 Å². The summed E-state index contributed by atoms with van der Waals surface area (Å²) in [5, 5.41) is 10.3. The molecule has 3 fully saturated rings. The van der Waals surface area contributed by atoms with E-state index >= 15 is 0 Å². The van der Waals surface area contributed by atoms with Crippen molar-refractivity contribution in [3.8, 4) is 0 Å². The molecule has 1 saturated carbocycles. The SMILES string of the molecule is O=C(NCc1cc(C2CC2)n[nH]1)N1CCCN(C(=O)C2CCCO2)CC1. The van der Waals surface area contributed by atoms with Crippen molar-refractivity contribution in [2.45, 2.75) is 50.7 Å². The zero-order valence-corrected chi connectivity index (χ0v) is 15.1. The van der Waals surface area contributed by atoms with Crippen LogP contribution in [0.5, 0.6) is 0 Å². The first-order valence-corrected chi connectivity index (χ1v) is 9.68. The van der Waals surface area contributed by atoms with E-state index in [-0.39, 0.29) is 18.0 Å². The molecule has 0 spiro atoms. The highest BCUT2D eigenvalue weighted by Crippen LogP contribution is 2.38. The minimum Gasteiger partial charge on any atom is -0.368 e. The van der Waals surface area contributed by atoms with Gasteiger partial charge < -0.3 is 19.9 Å². The third-order valence-corrected chi connectivity index (χ3v) is 5.38. The molecule has 1 aromatic heterocycles. The highest BCUT2D eigenvalue weighted by molar-refractivity contribution is 5.81. The fraction of sp³-hybridized carbons (Fsp3) is 0.722. The normalized spacial score (nSPS) is 23.8. The lowest BCUT2D eigenvalue weighted by Crippen LogP contribution is -2.44. The number of amides is 3. The Hall–Kier alpha value is -2.09. The van der Waals surface area contributed by atoms with Crippen LogP contribution in [0.3, 0.4) is 0 Å². The maximum Gasteiger partial charge on any atom is 0.317 e. The second kappa shape index (κ2) is 7.65. The molecule has 4 rings (SSSR count). The summed E-state index contributed by atoms with van der Waals surface area (Å²) < 4.78 is 5.50. The molecule has 2 N–H and O–H groups in total. The summed E-state index contributed by atoms with van der Waals surface area (Å²) in [6, 6.07) is 1.96. The second-order valence-electron chi connectivity index (χ2n) is 7.42. The molecule has 2 saturated heterocycles. The molecule has 1 aliphatic carbocycles. The number of rotatable bonds is 4. The maximum atomic E-state index is 12.5. The molecule has 1 atom stereocenters. The molecule has 3 amide bonds. The Morgan fingerprint density at radius 3 is 2.73 bits per heavy atom. The third kappa shape index (κ3) is 4.00. The highest BCUT2D eigenvalue weighted by Gasteiger charge is 2.30. The number of nitrogens with one attached hydrogen (secondary N) is 2. The number of hydrogen-bond donors (Lipinski definition) is 2. The van der Waals surface area contributed by atoms with E-state index in [1.807, 2.05) is 11.0 Å². The van der Waals surface area contributed by atoms with Gasteiger partial charge in [-0.15, -0.1) is 0 Å². The lowest BCUT2D eigenvalue weighted by atomic mass is 10.2. The molecule has 8 nitrogen and oxygen atoms in total. The summed E-state index contributed by atoms with van der Waals surface area (Å²) in [4.78, 5) is 28.6. The number of hydrogen-bond acceptors (Lipinski definition) is 4. The number of carbonyl (C=O) groups excluding carboxylic acids is 2. The number of ether oxygens (including phenoxy) is 1. The minimum absolute atomic E-state index is 0.0785. The first-order valence-electron chi connectivity index (χ1n) is 9.68. The highest BCUT2D eigenvalue weighted by atomic mass is 16.5. The first-order chi connectivity index (χ1) is 12.7. The van der Waals surface area contributed by atoms with Gasteiger partial charge >= 0.3 is 6.03 Å². The number of urea groups is 1. The van der Waals surface area contributed by atoms with Crippen molar-refractivity contribution in [3.63, 3.8) is 0 Å². The summed E-state index contributed by atoms with van der Waals surface area (Å²) in [5.41, 5.74) is 2.04. The molecule has 0 bridgehead atoms. The summed E-state index contributed by atoms with van der Waals surface area (Å²) in [6.07, 6.45) is 4.71. The van der Waals surface area contributed by atoms with Crippen LogP contribution in [0.2, 0.25) is 0 Å². The van der Waals surface area contributed by atoms with E-state index in [4.69, 9.17) is 4.74 Å². The van der Waals surface area contributed by atoms with Gasteiger partial charge in [-0.3, -0.25) is 9.89 Å². The fourth-order valence-corrected chi connectivity index (χ4v) is 3.66. The van der Waals surface area contributed by atoms with Gasteiger partial charge in [0, 0.05) is 38.7 Å². The van der Waals surface area contributed by atoms with E-state index in [1.165, 1.54) is 12.8 Å². The predicted molar refractivity (Wildman–Crippen MR) is 94.5 cm³/mol. The van der Waals surface area contributed by atoms with Gasteiger partial charge in [0.05, 0.1) is 17.9 Å². The Morgan fingerprint density at radius 1 is 1.15 bits per heavy atom. The molecule has 2 aliphatic heterocycles. The largest absolute Gasteiger partial charge is 0.368 e. The van der Waals surface area contributed by atoms with Crippen molar-refractivity contribution in [3.05, 3.63) is 17.5 Å². The van der Waals surface area contributed by atoms with Crippen LogP contribution < -0.4 is 5.32 Å². The van der Waals surface area contributed by atoms with Crippen LogP contribution in [0.4, 0.5) is 4.79 Å². The second-order valence-corrected chi connectivity index (χ2v) is 7.42. The monoisotopic (exact) mass is 361 g/mol. The van der Waals surface area contributed by atoms with Crippen LogP contribution >= 0.6 is 0 Å². The van der Waals surface area contributed by atoms with Crippen molar-refractivity contribution in [2.24, 2.45) is 0 Å². The zero-order valence-electron chi connectivity index (χ0n) is 15.1. The average molecular weight is 361 g/mol. The summed E-state index contributed by atoms with van der Waals surface area (Å²) in [6.45, 7) is 3.61. The smallest absolute Gasteiger partial charge is 0.317 e.